The Hall–Kier alpha value is -1.44. The number of hydrogen-bond acceptors (Lipinski definition) is 4. The van der Waals surface area contributed by atoms with Gasteiger partial charge < -0.3 is 4.74 Å². The molecule has 1 atom stereocenters. The zero-order chi connectivity index (χ0) is 11.8. The third-order valence-electron chi connectivity index (χ3n) is 2.12. The molecule has 0 aliphatic carbocycles. The molecule has 1 aromatic carbocycles. The fourth-order valence-corrected chi connectivity index (χ4v) is 2.22. The molecule has 0 saturated carbocycles. The van der Waals surface area contributed by atoms with Gasteiger partial charge >= 0.3 is 10.1 Å². The lowest BCUT2D eigenvalue weighted by Gasteiger charge is -2.20. The molecule has 0 radical (unpaired) electrons. The van der Waals surface area contributed by atoms with Crippen LogP contribution in [0.5, 0.6) is 0 Å². The van der Waals surface area contributed by atoms with Crippen LogP contribution in [0.1, 0.15) is 0 Å². The normalized spacial score (nSPS) is 21.4. The summed E-state index contributed by atoms with van der Waals surface area (Å²) in [6.45, 7) is -0.362. The molecule has 1 aliphatic heterocycles. The Morgan fingerprint density at radius 3 is 2.50 bits per heavy atom. The molecule has 0 bridgehead atoms. The molecule has 1 heterocycles. The van der Waals surface area contributed by atoms with Gasteiger partial charge in [0.25, 0.3) is 11.5 Å². The summed E-state index contributed by atoms with van der Waals surface area (Å²) >= 11 is 0. The zero-order valence-corrected chi connectivity index (χ0v) is 8.92. The van der Waals surface area contributed by atoms with Crippen molar-refractivity contribution in [2.75, 3.05) is 11.5 Å². The summed E-state index contributed by atoms with van der Waals surface area (Å²) in [6.07, 6.45) is 0. The second-order valence-electron chi connectivity index (χ2n) is 3.23. The highest BCUT2D eigenvalue weighted by Crippen LogP contribution is 2.24. The fourth-order valence-electron chi connectivity index (χ4n) is 1.48. The second-order valence-corrected chi connectivity index (χ2v) is 4.67. The van der Waals surface area contributed by atoms with Gasteiger partial charge in [0.05, 0.1) is 0 Å². The summed E-state index contributed by atoms with van der Waals surface area (Å²) in [5.41, 5.74) is -1.28. The second kappa shape index (κ2) is 3.85. The molecule has 7 heteroatoms. The summed E-state index contributed by atoms with van der Waals surface area (Å²) in [5, 5.41) is 0. The molecule has 1 aromatic rings. The molecule has 1 amide bonds. The van der Waals surface area contributed by atoms with Gasteiger partial charge in [0.15, 0.2) is 0 Å². The van der Waals surface area contributed by atoms with Crippen molar-refractivity contribution in [3.8, 4) is 0 Å². The highest BCUT2D eigenvalue weighted by Gasteiger charge is 2.41. The molecule has 16 heavy (non-hydrogen) atoms. The first-order valence-corrected chi connectivity index (χ1v) is 5.95. The first-order valence-electron chi connectivity index (χ1n) is 4.45. The van der Waals surface area contributed by atoms with Gasteiger partial charge in [0.2, 0.25) is 0 Å². The van der Waals surface area contributed by atoms with Crippen molar-refractivity contribution in [1.29, 1.82) is 0 Å². The molecule has 2 rings (SSSR count). The minimum absolute atomic E-state index is 0.362. The van der Waals surface area contributed by atoms with E-state index < -0.39 is 21.6 Å². The van der Waals surface area contributed by atoms with Gasteiger partial charge in [-0.3, -0.25) is 14.2 Å². The van der Waals surface area contributed by atoms with Gasteiger partial charge in [-0.25, -0.2) is 0 Å². The van der Waals surface area contributed by atoms with E-state index in [1.165, 1.54) is 0 Å². The minimum atomic E-state index is -4.45. The number of rotatable bonds is 2. The first kappa shape index (κ1) is 11.1. The number of amides is 1. The maximum Gasteiger partial charge on any atom is 0.312 e. The third kappa shape index (κ3) is 1.92. The summed E-state index contributed by atoms with van der Waals surface area (Å²) in [6, 6.07) is 8.16. The Kier molecular flexibility index (Phi) is 2.66. The lowest BCUT2D eigenvalue weighted by molar-refractivity contribution is -0.117. The number of nitrogens with zero attached hydrogens (tertiary/aromatic N) is 1. The van der Waals surface area contributed by atoms with E-state index in [0.29, 0.717) is 5.69 Å². The van der Waals surface area contributed by atoms with E-state index in [1.54, 1.807) is 30.3 Å². The Labute approximate surface area is 92.2 Å². The van der Waals surface area contributed by atoms with Crippen LogP contribution in [0.4, 0.5) is 5.69 Å². The molecular formula is C9H9NO5S. The molecule has 86 valence electrons. The van der Waals surface area contributed by atoms with Crippen molar-refractivity contribution in [3.63, 3.8) is 0 Å². The van der Waals surface area contributed by atoms with Crippen molar-refractivity contribution in [2.24, 2.45) is 0 Å². The Balaban J connectivity index is 2.42. The summed E-state index contributed by atoms with van der Waals surface area (Å²) < 4.78 is 35.7. The molecule has 0 spiro atoms. The monoisotopic (exact) mass is 243 g/mol. The molecule has 1 N–H and O–H groups in total. The zero-order valence-electron chi connectivity index (χ0n) is 8.11. The quantitative estimate of drug-likeness (QED) is 0.751. The van der Waals surface area contributed by atoms with Crippen LogP contribution in [0.25, 0.3) is 0 Å². The number of benzene rings is 1. The predicted molar refractivity (Wildman–Crippen MR) is 55.2 cm³/mol. The SMILES string of the molecule is O=C1COC(S(=O)(=O)O)N1c1ccccc1. The smallest absolute Gasteiger partial charge is 0.312 e. The maximum atomic E-state index is 11.5. The topological polar surface area (TPSA) is 83.9 Å². The van der Waals surface area contributed by atoms with Crippen molar-refractivity contribution in [3.05, 3.63) is 30.3 Å². The number of carbonyl (C=O) groups is 1. The van der Waals surface area contributed by atoms with E-state index in [-0.39, 0.29) is 6.61 Å². The lowest BCUT2D eigenvalue weighted by atomic mass is 10.3. The highest BCUT2D eigenvalue weighted by molar-refractivity contribution is 7.86. The van der Waals surface area contributed by atoms with Crippen LogP contribution >= 0.6 is 0 Å². The number of ether oxygens (including phenoxy) is 1. The minimum Gasteiger partial charge on any atom is -0.333 e. The van der Waals surface area contributed by atoms with Crippen LogP contribution in [0, 0.1) is 0 Å². The van der Waals surface area contributed by atoms with Gasteiger partial charge in [-0.05, 0) is 12.1 Å². The van der Waals surface area contributed by atoms with E-state index in [4.69, 9.17) is 9.29 Å². The van der Waals surface area contributed by atoms with E-state index in [0.717, 1.165) is 4.90 Å². The lowest BCUT2D eigenvalue weighted by Crippen LogP contribution is -2.39. The fraction of sp³-hybridized carbons (Fsp3) is 0.222. The van der Waals surface area contributed by atoms with Crippen molar-refractivity contribution >= 4 is 21.7 Å². The standard InChI is InChI=1S/C9H9NO5S/c11-8-6-15-9(16(12,13)14)10(8)7-4-2-1-3-5-7/h1-5,9H,6H2,(H,12,13,14). The number of hydrogen-bond donors (Lipinski definition) is 1. The van der Waals surface area contributed by atoms with Gasteiger partial charge in [-0.2, -0.15) is 8.42 Å². The first-order chi connectivity index (χ1) is 7.50. The summed E-state index contributed by atoms with van der Waals surface area (Å²) in [5.74, 6) is -0.506. The van der Waals surface area contributed by atoms with Gasteiger partial charge in [0.1, 0.15) is 6.61 Å². The average Bonchev–Trinajstić information content (AvgIpc) is 2.61. The molecular weight excluding hydrogens is 234 g/mol. The average molecular weight is 243 g/mol. The predicted octanol–water partition coefficient (Wildman–Crippen LogP) is 0.221. The van der Waals surface area contributed by atoms with E-state index in [9.17, 15) is 13.2 Å². The number of anilines is 1. The molecule has 6 nitrogen and oxygen atoms in total. The van der Waals surface area contributed by atoms with Crippen LogP contribution in [-0.4, -0.2) is 31.0 Å². The number of carbonyl (C=O) groups excluding carboxylic acids is 1. The van der Waals surface area contributed by atoms with Crippen LogP contribution in [0.2, 0.25) is 0 Å². The van der Waals surface area contributed by atoms with Crippen LogP contribution in [0.15, 0.2) is 30.3 Å². The molecule has 1 aliphatic rings. The summed E-state index contributed by atoms with van der Waals surface area (Å²) in [4.78, 5) is 12.4. The van der Waals surface area contributed by atoms with Gasteiger partial charge in [0, 0.05) is 5.69 Å². The van der Waals surface area contributed by atoms with Gasteiger partial charge in [-0.1, -0.05) is 18.2 Å². The van der Waals surface area contributed by atoms with Crippen molar-refractivity contribution in [2.45, 2.75) is 5.56 Å². The van der Waals surface area contributed by atoms with Crippen molar-refractivity contribution in [1.82, 2.24) is 0 Å². The van der Waals surface area contributed by atoms with Crippen LogP contribution < -0.4 is 4.90 Å². The Bertz CT molecular complexity index is 498. The van der Waals surface area contributed by atoms with Crippen LogP contribution in [-0.2, 0) is 19.6 Å². The van der Waals surface area contributed by atoms with E-state index in [2.05, 4.69) is 0 Å². The third-order valence-corrected chi connectivity index (χ3v) is 2.97. The number of para-hydroxylation sites is 1. The van der Waals surface area contributed by atoms with Crippen molar-refractivity contribution < 1.29 is 22.5 Å². The largest absolute Gasteiger partial charge is 0.333 e. The van der Waals surface area contributed by atoms with Crippen LogP contribution in [0.3, 0.4) is 0 Å². The van der Waals surface area contributed by atoms with E-state index >= 15 is 0 Å². The molecule has 1 fully saturated rings. The molecule has 0 aromatic heterocycles. The summed E-state index contributed by atoms with van der Waals surface area (Å²) in [7, 11) is -4.45. The highest BCUT2D eigenvalue weighted by atomic mass is 32.2. The molecule has 1 unspecified atom stereocenters. The molecule has 1 saturated heterocycles. The van der Waals surface area contributed by atoms with Gasteiger partial charge in [-0.15, -0.1) is 0 Å². The Morgan fingerprint density at radius 1 is 1.31 bits per heavy atom. The maximum absolute atomic E-state index is 11.5. The Morgan fingerprint density at radius 2 is 1.94 bits per heavy atom. The van der Waals surface area contributed by atoms with E-state index in [1.807, 2.05) is 0 Å².